The van der Waals surface area contributed by atoms with Gasteiger partial charge >= 0.3 is 0 Å². The highest BCUT2D eigenvalue weighted by molar-refractivity contribution is 9.09. The van der Waals surface area contributed by atoms with Crippen LogP contribution in [0.15, 0.2) is 6.20 Å². The van der Waals surface area contributed by atoms with E-state index in [1.165, 1.54) is 0 Å². The molecule has 0 saturated heterocycles. The number of carbonyl (C=O) groups is 1. The highest BCUT2D eigenvalue weighted by Gasteiger charge is 2.14. The summed E-state index contributed by atoms with van der Waals surface area (Å²) in [4.78, 5) is 11.9. The van der Waals surface area contributed by atoms with Gasteiger partial charge in [-0.1, -0.05) is 29.8 Å². The van der Waals surface area contributed by atoms with Crippen molar-refractivity contribution >= 4 is 21.8 Å². The Labute approximate surface area is 105 Å². The third-order valence-electron chi connectivity index (χ3n) is 2.36. The molecule has 1 N–H and O–H groups in total. The Balaban J connectivity index is 2.65. The van der Waals surface area contributed by atoms with Crippen molar-refractivity contribution in [1.82, 2.24) is 15.1 Å². The van der Waals surface area contributed by atoms with Crippen molar-refractivity contribution in [1.29, 1.82) is 0 Å². The fourth-order valence-electron chi connectivity index (χ4n) is 1.40. The number of aromatic nitrogens is 2. The fraction of sp³-hybridized carbons (Fsp3) is 0.636. The van der Waals surface area contributed by atoms with Gasteiger partial charge in [-0.15, -0.1) is 0 Å². The molecule has 16 heavy (non-hydrogen) atoms. The molecule has 90 valence electrons. The standard InChI is InChI=1S/C11H18BrN3O/c1-4-10-9(7-15(3)14-10)11(16)13-6-8(2)5-12/h7-8H,4-6H2,1-3H3,(H,13,16). The number of aryl methyl sites for hydroxylation is 2. The number of nitrogens with zero attached hydrogens (tertiary/aromatic N) is 2. The largest absolute Gasteiger partial charge is 0.352 e. The van der Waals surface area contributed by atoms with Crippen molar-refractivity contribution in [3.8, 4) is 0 Å². The summed E-state index contributed by atoms with van der Waals surface area (Å²) in [6, 6.07) is 0. The zero-order valence-corrected chi connectivity index (χ0v) is 11.5. The maximum absolute atomic E-state index is 11.9. The van der Waals surface area contributed by atoms with Gasteiger partial charge in [0.05, 0.1) is 11.3 Å². The molecule has 0 aliphatic heterocycles. The van der Waals surface area contributed by atoms with Crippen molar-refractivity contribution in [2.24, 2.45) is 13.0 Å². The highest BCUT2D eigenvalue weighted by atomic mass is 79.9. The lowest BCUT2D eigenvalue weighted by atomic mass is 10.2. The average molecular weight is 288 g/mol. The molecule has 1 rings (SSSR count). The summed E-state index contributed by atoms with van der Waals surface area (Å²) in [5.74, 6) is 0.406. The Bertz CT molecular complexity index is 362. The number of hydrogen-bond donors (Lipinski definition) is 1. The van der Waals surface area contributed by atoms with Gasteiger partial charge < -0.3 is 5.32 Å². The van der Waals surface area contributed by atoms with Gasteiger partial charge in [0.25, 0.3) is 5.91 Å². The summed E-state index contributed by atoms with van der Waals surface area (Å²) >= 11 is 3.39. The first-order valence-corrected chi connectivity index (χ1v) is 6.57. The highest BCUT2D eigenvalue weighted by Crippen LogP contribution is 2.07. The molecule has 1 unspecified atom stereocenters. The number of alkyl halides is 1. The first-order valence-electron chi connectivity index (χ1n) is 5.45. The van der Waals surface area contributed by atoms with Gasteiger partial charge in [0.15, 0.2) is 0 Å². The van der Waals surface area contributed by atoms with E-state index in [9.17, 15) is 4.79 Å². The molecular weight excluding hydrogens is 270 g/mol. The lowest BCUT2D eigenvalue weighted by Crippen LogP contribution is -2.29. The number of halogens is 1. The molecule has 0 radical (unpaired) electrons. The van der Waals surface area contributed by atoms with E-state index in [1.54, 1.807) is 10.9 Å². The van der Waals surface area contributed by atoms with Crippen molar-refractivity contribution < 1.29 is 4.79 Å². The topological polar surface area (TPSA) is 46.9 Å². The summed E-state index contributed by atoms with van der Waals surface area (Å²) in [5, 5.41) is 8.05. The minimum Gasteiger partial charge on any atom is -0.352 e. The molecule has 0 spiro atoms. The number of rotatable bonds is 5. The predicted molar refractivity (Wildman–Crippen MR) is 67.9 cm³/mol. The van der Waals surface area contributed by atoms with Crippen molar-refractivity contribution in [3.63, 3.8) is 0 Å². The summed E-state index contributed by atoms with van der Waals surface area (Å²) in [5.41, 5.74) is 1.54. The molecule has 0 aliphatic carbocycles. The molecule has 0 bridgehead atoms. The minimum absolute atomic E-state index is 0.0299. The van der Waals surface area contributed by atoms with Crippen LogP contribution in [0.5, 0.6) is 0 Å². The summed E-state index contributed by atoms with van der Waals surface area (Å²) in [6.07, 6.45) is 2.55. The SMILES string of the molecule is CCc1nn(C)cc1C(=O)NCC(C)CBr. The third-order valence-corrected chi connectivity index (χ3v) is 3.46. The molecule has 1 aromatic rings. The molecule has 1 amide bonds. The molecule has 4 nitrogen and oxygen atoms in total. The van der Waals surface area contributed by atoms with Crippen molar-refractivity contribution in [3.05, 3.63) is 17.5 Å². The van der Waals surface area contributed by atoms with E-state index in [1.807, 2.05) is 14.0 Å². The fourth-order valence-corrected chi connectivity index (χ4v) is 1.63. The minimum atomic E-state index is -0.0299. The van der Waals surface area contributed by atoms with E-state index in [0.717, 1.165) is 17.4 Å². The van der Waals surface area contributed by atoms with E-state index in [2.05, 4.69) is 33.3 Å². The molecule has 5 heteroatoms. The second-order valence-electron chi connectivity index (χ2n) is 3.99. The van der Waals surface area contributed by atoms with Gasteiger partial charge in [0.1, 0.15) is 0 Å². The van der Waals surface area contributed by atoms with Gasteiger partial charge in [-0.05, 0) is 12.3 Å². The van der Waals surface area contributed by atoms with Crippen LogP contribution in [-0.4, -0.2) is 27.6 Å². The number of nitrogens with one attached hydrogen (secondary N) is 1. The molecule has 1 atom stereocenters. The van der Waals surface area contributed by atoms with E-state index in [0.29, 0.717) is 18.0 Å². The summed E-state index contributed by atoms with van der Waals surface area (Å²) < 4.78 is 1.68. The molecule has 0 aliphatic rings. The second kappa shape index (κ2) is 6.03. The van der Waals surface area contributed by atoms with Gasteiger partial charge in [0.2, 0.25) is 0 Å². The zero-order valence-electron chi connectivity index (χ0n) is 9.96. The van der Waals surface area contributed by atoms with Crippen LogP contribution in [-0.2, 0) is 13.5 Å². The maximum Gasteiger partial charge on any atom is 0.254 e. The Kier molecular flexibility index (Phi) is 4.99. The van der Waals surface area contributed by atoms with E-state index in [-0.39, 0.29) is 5.91 Å². The van der Waals surface area contributed by atoms with Crippen molar-refractivity contribution in [2.45, 2.75) is 20.3 Å². The monoisotopic (exact) mass is 287 g/mol. The van der Waals surface area contributed by atoms with Gasteiger partial charge in [-0.25, -0.2) is 0 Å². The molecule has 0 aromatic carbocycles. The summed E-state index contributed by atoms with van der Waals surface area (Å²) in [7, 11) is 1.83. The van der Waals surface area contributed by atoms with Crippen LogP contribution in [0, 0.1) is 5.92 Å². The van der Waals surface area contributed by atoms with E-state index in [4.69, 9.17) is 0 Å². The first-order chi connectivity index (χ1) is 7.58. The molecule has 0 saturated carbocycles. The van der Waals surface area contributed by atoms with Crippen molar-refractivity contribution in [2.75, 3.05) is 11.9 Å². The maximum atomic E-state index is 11.9. The van der Waals surface area contributed by atoms with E-state index >= 15 is 0 Å². The Hall–Kier alpha value is -0.840. The quantitative estimate of drug-likeness (QED) is 0.839. The number of carbonyl (C=O) groups excluding carboxylic acids is 1. The van der Waals surface area contributed by atoms with Gasteiger partial charge in [-0.2, -0.15) is 5.10 Å². The van der Waals surface area contributed by atoms with Crippen LogP contribution in [0.2, 0.25) is 0 Å². The number of hydrogen-bond acceptors (Lipinski definition) is 2. The Morgan fingerprint density at radius 2 is 2.38 bits per heavy atom. The Morgan fingerprint density at radius 3 is 2.94 bits per heavy atom. The first kappa shape index (κ1) is 13.2. The molecule has 1 aromatic heterocycles. The zero-order chi connectivity index (χ0) is 12.1. The van der Waals surface area contributed by atoms with Crippen LogP contribution in [0.25, 0.3) is 0 Å². The molecule has 0 fully saturated rings. The average Bonchev–Trinajstić information content (AvgIpc) is 2.66. The lowest BCUT2D eigenvalue weighted by molar-refractivity contribution is 0.0948. The van der Waals surface area contributed by atoms with Crippen LogP contribution in [0.3, 0.4) is 0 Å². The van der Waals surface area contributed by atoms with Gasteiger partial charge in [-0.3, -0.25) is 9.48 Å². The lowest BCUT2D eigenvalue weighted by Gasteiger charge is -2.08. The third kappa shape index (κ3) is 3.33. The van der Waals surface area contributed by atoms with Crippen LogP contribution < -0.4 is 5.32 Å². The summed E-state index contributed by atoms with van der Waals surface area (Å²) in [6.45, 7) is 4.77. The Morgan fingerprint density at radius 1 is 1.69 bits per heavy atom. The smallest absolute Gasteiger partial charge is 0.254 e. The van der Waals surface area contributed by atoms with E-state index < -0.39 is 0 Å². The molecular formula is C11H18BrN3O. The molecule has 1 heterocycles. The normalized spacial score (nSPS) is 12.5. The van der Waals surface area contributed by atoms with Gasteiger partial charge in [0, 0.05) is 25.1 Å². The second-order valence-corrected chi connectivity index (χ2v) is 4.63. The van der Waals surface area contributed by atoms with Crippen LogP contribution in [0.4, 0.5) is 0 Å². The predicted octanol–water partition coefficient (Wildman–Crippen LogP) is 1.74. The van der Waals surface area contributed by atoms with Crippen LogP contribution in [0.1, 0.15) is 29.9 Å². The van der Waals surface area contributed by atoms with Crippen LogP contribution >= 0.6 is 15.9 Å². The number of amides is 1.